The molecule has 2 unspecified atom stereocenters. The zero-order chi connectivity index (χ0) is 13.7. The summed E-state index contributed by atoms with van der Waals surface area (Å²) in [7, 11) is 0. The number of nitrogens with one attached hydrogen (secondary N) is 1. The van der Waals surface area contributed by atoms with Crippen LogP contribution in [-0.2, 0) is 14.3 Å². The van der Waals surface area contributed by atoms with Crippen LogP contribution in [0.1, 0.15) is 13.3 Å². The molecule has 1 heterocycles. The van der Waals surface area contributed by atoms with Gasteiger partial charge in [0, 0.05) is 6.61 Å². The second kappa shape index (κ2) is 6.20. The van der Waals surface area contributed by atoms with Crippen LogP contribution in [0.25, 0.3) is 0 Å². The summed E-state index contributed by atoms with van der Waals surface area (Å²) in [6, 6.07) is -0.926. The molecule has 0 radical (unpaired) electrons. The van der Waals surface area contributed by atoms with E-state index in [0.29, 0.717) is 13.0 Å². The molecule has 0 aliphatic carbocycles. The molecule has 1 aliphatic rings. The SMILES string of the molecule is CC1OCCC1NC(=O)N(CC(=O)O)CC(=O)O. The Hall–Kier alpha value is -1.83. The molecule has 3 N–H and O–H groups in total. The Bertz CT molecular complexity index is 329. The van der Waals surface area contributed by atoms with Gasteiger partial charge in [-0.15, -0.1) is 0 Å². The topological polar surface area (TPSA) is 116 Å². The van der Waals surface area contributed by atoms with E-state index in [1.165, 1.54) is 0 Å². The Balaban J connectivity index is 2.57. The fourth-order valence-corrected chi connectivity index (χ4v) is 1.70. The van der Waals surface area contributed by atoms with Gasteiger partial charge in [0.05, 0.1) is 12.1 Å². The van der Waals surface area contributed by atoms with Crippen LogP contribution in [0.4, 0.5) is 4.79 Å². The molecule has 1 fully saturated rings. The van der Waals surface area contributed by atoms with Gasteiger partial charge in [-0.2, -0.15) is 0 Å². The third kappa shape index (κ3) is 4.21. The molecule has 0 saturated carbocycles. The Morgan fingerprint density at radius 3 is 2.22 bits per heavy atom. The lowest BCUT2D eigenvalue weighted by molar-refractivity contribution is -0.140. The minimum Gasteiger partial charge on any atom is -0.480 e. The van der Waals surface area contributed by atoms with Crippen LogP contribution in [0.3, 0.4) is 0 Å². The molecular formula is C10H16N2O6. The van der Waals surface area contributed by atoms with E-state index in [1.54, 1.807) is 6.92 Å². The number of amides is 2. The molecule has 0 bridgehead atoms. The molecule has 8 nitrogen and oxygen atoms in total. The van der Waals surface area contributed by atoms with Gasteiger partial charge in [-0.3, -0.25) is 9.59 Å². The fraction of sp³-hybridized carbons (Fsp3) is 0.700. The first kappa shape index (κ1) is 14.2. The van der Waals surface area contributed by atoms with Gasteiger partial charge in [-0.05, 0) is 13.3 Å². The van der Waals surface area contributed by atoms with Crippen molar-refractivity contribution in [2.45, 2.75) is 25.5 Å². The molecule has 18 heavy (non-hydrogen) atoms. The van der Waals surface area contributed by atoms with E-state index in [-0.39, 0.29) is 12.1 Å². The molecule has 1 aliphatic heterocycles. The van der Waals surface area contributed by atoms with E-state index in [4.69, 9.17) is 14.9 Å². The average molecular weight is 260 g/mol. The monoisotopic (exact) mass is 260 g/mol. The summed E-state index contributed by atoms with van der Waals surface area (Å²) in [6.07, 6.45) is 0.464. The van der Waals surface area contributed by atoms with E-state index in [0.717, 1.165) is 4.90 Å². The van der Waals surface area contributed by atoms with E-state index >= 15 is 0 Å². The maximum absolute atomic E-state index is 11.7. The minimum absolute atomic E-state index is 0.162. The summed E-state index contributed by atoms with van der Waals surface area (Å²) in [5, 5.41) is 19.8. The van der Waals surface area contributed by atoms with Crippen molar-refractivity contribution < 1.29 is 29.3 Å². The summed E-state index contributed by atoms with van der Waals surface area (Å²) in [4.78, 5) is 33.6. The van der Waals surface area contributed by atoms with Crippen molar-refractivity contribution in [2.24, 2.45) is 0 Å². The Morgan fingerprint density at radius 2 is 1.83 bits per heavy atom. The summed E-state index contributed by atoms with van der Waals surface area (Å²) >= 11 is 0. The molecule has 1 saturated heterocycles. The Kier molecular flexibility index (Phi) is 4.90. The molecule has 2 amide bonds. The molecule has 102 valence electrons. The highest BCUT2D eigenvalue weighted by Gasteiger charge is 2.28. The minimum atomic E-state index is -1.26. The first-order valence-corrected chi connectivity index (χ1v) is 5.50. The Morgan fingerprint density at radius 1 is 1.28 bits per heavy atom. The number of hydrogen-bond acceptors (Lipinski definition) is 4. The number of ether oxygens (including phenoxy) is 1. The lowest BCUT2D eigenvalue weighted by atomic mass is 10.2. The van der Waals surface area contributed by atoms with Gasteiger partial charge in [0.25, 0.3) is 0 Å². The maximum atomic E-state index is 11.7. The molecule has 0 aromatic heterocycles. The number of nitrogens with zero attached hydrogens (tertiary/aromatic N) is 1. The summed E-state index contributed by atoms with van der Waals surface area (Å²) in [5.41, 5.74) is 0. The first-order chi connectivity index (χ1) is 8.40. The molecule has 0 aromatic rings. The van der Waals surface area contributed by atoms with Crippen LogP contribution in [0.5, 0.6) is 0 Å². The lowest BCUT2D eigenvalue weighted by Gasteiger charge is -2.23. The number of carboxylic acids is 2. The van der Waals surface area contributed by atoms with E-state index < -0.39 is 31.1 Å². The molecular weight excluding hydrogens is 244 g/mol. The number of carbonyl (C=O) groups is 3. The number of carbonyl (C=O) groups excluding carboxylic acids is 1. The Labute approximate surface area is 104 Å². The van der Waals surface area contributed by atoms with Crippen molar-refractivity contribution in [3.05, 3.63) is 0 Å². The first-order valence-electron chi connectivity index (χ1n) is 5.50. The van der Waals surface area contributed by atoms with Crippen LogP contribution in [0, 0.1) is 0 Å². The predicted molar refractivity (Wildman–Crippen MR) is 59.2 cm³/mol. The lowest BCUT2D eigenvalue weighted by Crippen LogP contribution is -2.50. The van der Waals surface area contributed by atoms with Gasteiger partial charge >= 0.3 is 18.0 Å². The standard InChI is InChI=1S/C10H16N2O6/c1-6-7(2-3-18-6)11-10(17)12(4-8(13)14)5-9(15)16/h6-7H,2-5H2,1H3,(H,11,17)(H,13,14)(H,15,16). The third-order valence-electron chi connectivity index (χ3n) is 2.62. The van der Waals surface area contributed by atoms with Gasteiger partial charge in [0.2, 0.25) is 0 Å². The second-order valence-electron chi connectivity index (χ2n) is 4.06. The number of rotatable bonds is 5. The van der Waals surface area contributed by atoms with Crippen LogP contribution < -0.4 is 5.32 Å². The normalized spacial score (nSPS) is 22.5. The number of hydrogen-bond donors (Lipinski definition) is 3. The molecule has 8 heteroatoms. The van der Waals surface area contributed by atoms with Gasteiger partial charge < -0.3 is 25.2 Å². The van der Waals surface area contributed by atoms with Gasteiger partial charge in [0.15, 0.2) is 0 Å². The highest BCUT2D eigenvalue weighted by molar-refractivity contribution is 5.84. The highest BCUT2D eigenvalue weighted by Crippen LogP contribution is 2.12. The quantitative estimate of drug-likeness (QED) is 0.604. The van der Waals surface area contributed by atoms with Gasteiger partial charge in [-0.25, -0.2) is 4.79 Å². The second-order valence-corrected chi connectivity index (χ2v) is 4.06. The zero-order valence-corrected chi connectivity index (χ0v) is 9.96. The summed E-state index contributed by atoms with van der Waals surface area (Å²) < 4.78 is 5.24. The summed E-state index contributed by atoms with van der Waals surface area (Å²) in [5.74, 6) is -2.52. The number of aliphatic carboxylic acids is 2. The van der Waals surface area contributed by atoms with Crippen molar-refractivity contribution in [3.8, 4) is 0 Å². The molecule has 0 spiro atoms. The van der Waals surface area contributed by atoms with Gasteiger partial charge in [0.1, 0.15) is 13.1 Å². The molecule has 0 aromatic carbocycles. The van der Waals surface area contributed by atoms with Gasteiger partial charge in [-0.1, -0.05) is 0 Å². The van der Waals surface area contributed by atoms with Crippen molar-refractivity contribution in [1.29, 1.82) is 0 Å². The fourth-order valence-electron chi connectivity index (χ4n) is 1.70. The van der Waals surface area contributed by atoms with Crippen LogP contribution in [0.15, 0.2) is 0 Å². The predicted octanol–water partition coefficient (Wildman–Crippen LogP) is -0.655. The van der Waals surface area contributed by atoms with E-state index in [9.17, 15) is 14.4 Å². The zero-order valence-electron chi connectivity index (χ0n) is 9.96. The van der Waals surface area contributed by atoms with Crippen molar-refractivity contribution in [1.82, 2.24) is 10.2 Å². The number of urea groups is 1. The third-order valence-corrected chi connectivity index (χ3v) is 2.62. The van der Waals surface area contributed by atoms with Crippen molar-refractivity contribution in [3.63, 3.8) is 0 Å². The summed E-state index contributed by atoms with van der Waals surface area (Å²) in [6.45, 7) is 1.00. The van der Waals surface area contributed by atoms with Crippen LogP contribution >= 0.6 is 0 Å². The smallest absolute Gasteiger partial charge is 0.323 e. The average Bonchev–Trinajstić information content (AvgIpc) is 2.62. The van der Waals surface area contributed by atoms with E-state index in [2.05, 4.69) is 5.32 Å². The largest absolute Gasteiger partial charge is 0.480 e. The highest BCUT2D eigenvalue weighted by atomic mass is 16.5. The maximum Gasteiger partial charge on any atom is 0.323 e. The number of carboxylic acid groups (broad SMARTS) is 2. The van der Waals surface area contributed by atoms with Crippen LogP contribution in [0.2, 0.25) is 0 Å². The molecule has 1 rings (SSSR count). The van der Waals surface area contributed by atoms with Crippen molar-refractivity contribution in [2.75, 3.05) is 19.7 Å². The van der Waals surface area contributed by atoms with Crippen molar-refractivity contribution >= 4 is 18.0 Å². The molecule has 2 atom stereocenters. The van der Waals surface area contributed by atoms with E-state index in [1.807, 2.05) is 0 Å². The van der Waals surface area contributed by atoms with Crippen LogP contribution in [-0.4, -0.2) is 64.9 Å².